The topological polar surface area (TPSA) is 58.5 Å². The number of thiocarbonyl (C=S) groups is 1. The van der Waals surface area contributed by atoms with Crippen molar-refractivity contribution < 1.29 is 4.74 Å². The van der Waals surface area contributed by atoms with Gasteiger partial charge in [-0.25, -0.2) is 4.98 Å². The highest BCUT2D eigenvalue weighted by Crippen LogP contribution is 2.33. The molecule has 0 amide bonds. The molecule has 0 bridgehead atoms. The van der Waals surface area contributed by atoms with Crippen molar-refractivity contribution in [1.29, 1.82) is 0 Å². The highest BCUT2D eigenvalue weighted by Gasteiger charge is 2.08. The monoisotopic (exact) mass is 464 g/mol. The molecule has 0 aliphatic heterocycles. The zero-order valence-electron chi connectivity index (χ0n) is 16.7. The minimum absolute atomic E-state index is 0.433. The first-order chi connectivity index (χ1) is 15.2. The van der Waals surface area contributed by atoms with Crippen LogP contribution in [0.25, 0.3) is 10.2 Å². The Bertz CT molecular complexity index is 1170. The van der Waals surface area contributed by atoms with Gasteiger partial charge in [0, 0.05) is 17.0 Å². The van der Waals surface area contributed by atoms with E-state index in [0.29, 0.717) is 5.11 Å². The molecule has 0 spiro atoms. The van der Waals surface area contributed by atoms with Gasteiger partial charge in [0.1, 0.15) is 5.75 Å². The van der Waals surface area contributed by atoms with Gasteiger partial charge in [-0.1, -0.05) is 42.1 Å². The molecule has 2 N–H and O–H groups in total. The Labute approximate surface area is 194 Å². The number of thiazole rings is 1. The van der Waals surface area contributed by atoms with Crippen LogP contribution in [-0.2, 0) is 5.75 Å². The molecule has 0 aliphatic rings. The number of anilines is 1. The first kappa shape index (κ1) is 21.3. The summed E-state index contributed by atoms with van der Waals surface area (Å²) in [6, 6.07) is 23.9. The SMILES string of the molecule is COc1ccc(C=NNC(=S)Nc2ccccc2)cc1CSc1nc2ccccc2s1. The number of rotatable bonds is 7. The Hall–Kier alpha value is -2.94. The molecule has 4 aromatic rings. The summed E-state index contributed by atoms with van der Waals surface area (Å²) in [5.41, 5.74) is 6.83. The molecular formula is C23H20N4OS3. The number of para-hydroxylation sites is 2. The van der Waals surface area contributed by atoms with Gasteiger partial charge in [0.15, 0.2) is 9.45 Å². The molecule has 1 aromatic heterocycles. The molecule has 3 aromatic carbocycles. The van der Waals surface area contributed by atoms with Gasteiger partial charge >= 0.3 is 0 Å². The molecule has 0 atom stereocenters. The van der Waals surface area contributed by atoms with E-state index in [0.717, 1.165) is 38.2 Å². The normalized spacial score (nSPS) is 11.0. The number of nitrogens with one attached hydrogen (secondary N) is 2. The minimum atomic E-state index is 0.433. The minimum Gasteiger partial charge on any atom is -0.496 e. The Balaban J connectivity index is 1.39. The molecule has 4 rings (SSSR count). The highest BCUT2D eigenvalue weighted by atomic mass is 32.2. The summed E-state index contributed by atoms with van der Waals surface area (Å²) in [5.74, 6) is 1.60. The second kappa shape index (κ2) is 10.4. The molecule has 0 fully saturated rings. The smallest absolute Gasteiger partial charge is 0.191 e. The van der Waals surface area contributed by atoms with Crippen LogP contribution in [0.4, 0.5) is 5.69 Å². The van der Waals surface area contributed by atoms with Crippen molar-refractivity contribution in [2.75, 3.05) is 12.4 Å². The second-order valence-corrected chi connectivity index (χ2v) is 9.16. The van der Waals surface area contributed by atoms with E-state index >= 15 is 0 Å². The number of hydrogen-bond acceptors (Lipinski definition) is 6. The molecule has 31 heavy (non-hydrogen) atoms. The van der Waals surface area contributed by atoms with E-state index in [-0.39, 0.29) is 0 Å². The van der Waals surface area contributed by atoms with E-state index < -0.39 is 0 Å². The van der Waals surface area contributed by atoms with Crippen LogP contribution in [0.15, 0.2) is 82.2 Å². The summed E-state index contributed by atoms with van der Waals surface area (Å²) < 4.78 is 7.78. The van der Waals surface area contributed by atoms with E-state index in [2.05, 4.69) is 28.0 Å². The van der Waals surface area contributed by atoms with Crippen molar-refractivity contribution in [2.45, 2.75) is 10.1 Å². The Morgan fingerprint density at radius 2 is 1.94 bits per heavy atom. The van der Waals surface area contributed by atoms with E-state index in [1.54, 1.807) is 36.4 Å². The third-order valence-corrected chi connectivity index (χ3v) is 6.76. The van der Waals surface area contributed by atoms with Crippen molar-refractivity contribution in [3.63, 3.8) is 0 Å². The number of hydrogen-bond donors (Lipinski definition) is 2. The van der Waals surface area contributed by atoms with Crippen molar-refractivity contribution in [3.05, 3.63) is 83.9 Å². The maximum Gasteiger partial charge on any atom is 0.191 e. The van der Waals surface area contributed by atoms with Crippen LogP contribution in [0, 0.1) is 0 Å². The van der Waals surface area contributed by atoms with E-state index in [1.807, 2.05) is 60.7 Å². The average molecular weight is 465 g/mol. The number of fused-ring (bicyclic) bond motifs is 1. The van der Waals surface area contributed by atoms with E-state index in [1.165, 1.54) is 4.70 Å². The zero-order valence-corrected chi connectivity index (χ0v) is 19.2. The summed E-state index contributed by atoms with van der Waals surface area (Å²) in [5, 5.41) is 7.76. The molecule has 5 nitrogen and oxygen atoms in total. The van der Waals surface area contributed by atoms with Gasteiger partial charge < -0.3 is 10.1 Å². The third-order valence-electron chi connectivity index (χ3n) is 4.34. The van der Waals surface area contributed by atoms with Crippen LogP contribution >= 0.6 is 35.3 Å². The van der Waals surface area contributed by atoms with Crippen LogP contribution in [0.3, 0.4) is 0 Å². The van der Waals surface area contributed by atoms with Crippen molar-refractivity contribution in [3.8, 4) is 5.75 Å². The molecule has 0 aliphatic carbocycles. The number of hydrazone groups is 1. The lowest BCUT2D eigenvalue weighted by Crippen LogP contribution is -2.23. The number of aromatic nitrogens is 1. The number of methoxy groups -OCH3 is 1. The molecule has 8 heteroatoms. The molecular weight excluding hydrogens is 444 g/mol. The lowest BCUT2D eigenvalue weighted by atomic mass is 10.1. The zero-order chi connectivity index (χ0) is 21.5. The maximum absolute atomic E-state index is 5.54. The predicted octanol–water partition coefficient (Wildman–Crippen LogP) is 5.92. The Morgan fingerprint density at radius 1 is 1.13 bits per heavy atom. The van der Waals surface area contributed by atoms with Gasteiger partial charge in [0.05, 0.1) is 23.5 Å². The fourth-order valence-electron chi connectivity index (χ4n) is 2.89. The van der Waals surface area contributed by atoms with Gasteiger partial charge in [-0.05, 0) is 60.2 Å². The van der Waals surface area contributed by atoms with Crippen LogP contribution in [-0.4, -0.2) is 23.4 Å². The van der Waals surface area contributed by atoms with Crippen molar-refractivity contribution >= 4 is 62.5 Å². The Morgan fingerprint density at radius 3 is 2.74 bits per heavy atom. The number of nitrogens with zero attached hydrogens (tertiary/aromatic N) is 2. The quantitative estimate of drug-likeness (QED) is 0.153. The van der Waals surface area contributed by atoms with Crippen LogP contribution in [0.1, 0.15) is 11.1 Å². The lowest BCUT2D eigenvalue weighted by molar-refractivity contribution is 0.411. The van der Waals surface area contributed by atoms with Crippen LogP contribution < -0.4 is 15.5 Å². The van der Waals surface area contributed by atoms with E-state index in [4.69, 9.17) is 21.9 Å². The largest absolute Gasteiger partial charge is 0.496 e. The van der Waals surface area contributed by atoms with Gasteiger partial charge in [-0.15, -0.1) is 11.3 Å². The summed E-state index contributed by atoms with van der Waals surface area (Å²) in [6.07, 6.45) is 1.74. The predicted molar refractivity (Wildman–Crippen MR) is 136 cm³/mol. The number of benzene rings is 3. The highest BCUT2D eigenvalue weighted by molar-refractivity contribution is 8.00. The standard InChI is InChI=1S/C23H20N4OS3/c1-28-20-12-11-16(14-24-27-22(29)25-18-7-3-2-4-8-18)13-17(20)15-30-23-26-19-9-5-6-10-21(19)31-23/h2-14H,15H2,1H3,(H2,25,27,29). The fourth-order valence-corrected chi connectivity index (χ4v) is 5.11. The van der Waals surface area contributed by atoms with Crippen molar-refractivity contribution in [1.82, 2.24) is 10.4 Å². The first-order valence-electron chi connectivity index (χ1n) is 9.51. The molecule has 0 unspecified atom stereocenters. The molecule has 0 radical (unpaired) electrons. The van der Waals surface area contributed by atoms with Gasteiger partial charge in [0.2, 0.25) is 0 Å². The van der Waals surface area contributed by atoms with Crippen LogP contribution in [0.2, 0.25) is 0 Å². The second-order valence-electron chi connectivity index (χ2n) is 6.50. The molecule has 156 valence electrons. The molecule has 0 saturated heterocycles. The van der Waals surface area contributed by atoms with Gasteiger partial charge in [-0.2, -0.15) is 5.10 Å². The molecule has 1 heterocycles. The maximum atomic E-state index is 5.54. The van der Waals surface area contributed by atoms with Gasteiger partial charge in [0.25, 0.3) is 0 Å². The average Bonchev–Trinajstić information content (AvgIpc) is 3.21. The first-order valence-corrected chi connectivity index (χ1v) is 11.7. The summed E-state index contributed by atoms with van der Waals surface area (Å²) in [7, 11) is 1.68. The Kier molecular flexibility index (Phi) is 7.14. The lowest BCUT2D eigenvalue weighted by Gasteiger charge is -2.09. The fraction of sp³-hybridized carbons (Fsp3) is 0.0870. The van der Waals surface area contributed by atoms with Crippen LogP contribution in [0.5, 0.6) is 5.75 Å². The number of thioether (sulfide) groups is 1. The van der Waals surface area contributed by atoms with Crippen molar-refractivity contribution in [2.24, 2.45) is 5.10 Å². The number of ether oxygens (including phenoxy) is 1. The van der Waals surface area contributed by atoms with Gasteiger partial charge in [-0.3, -0.25) is 5.43 Å². The third kappa shape index (κ3) is 5.81. The summed E-state index contributed by atoms with van der Waals surface area (Å²) in [6.45, 7) is 0. The summed E-state index contributed by atoms with van der Waals surface area (Å²) >= 11 is 8.68. The molecule has 0 saturated carbocycles. The summed E-state index contributed by atoms with van der Waals surface area (Å²) in [4.78, 5) is 4.69. The van der Waals surface area contributed by atoms with E-state index in [9.17, 15) is 0 Å².